The summed E-state index contributed by atoms with van der Waals surface area (Å²) in [6.07, 6.45) is 0. The van der Waals surface area contributed by atoms with Gasteiger partial charge in [0, 0.05) is 13.2 Å². The zero-order chi connectivity index (χ0) is 7.11. The fourth-order valence-corrected chi connectivity index (χ4v) is 0.513. The monoisotopic (exact) mass is 128 g/mol. The first-order valence-electron chi connectivity index (χ1n) is 3.20. The molecule has 0 unspecified atom stereocenters. The molecule has 0 aliphatic heterocycles. The quantitative estimate of drug-likeness (QED) is 0.519. The van der Waals surface area contributed by atoms with Gasteiger partial charge in [0.15, 0.2) is 0 Å². The highest BCUT2D eigenvalue weighted by Crippen LogP contribution is 1.88. The van der Waals surface area contributed by atoms with E-state index in [9.17, 15) is 0 Å². The molecule has 0 rings (SSSR count). The van der Waals surface area contributed by atoms with Crippen LogP contribution in [0.1, 0.15) is 13.8 Å². The van der Waals surface area contributed by atoms with Gasteiger partial charge in [-0.25, -0.2) is 0 Å². The average molecular weight is 128 g/mol. The summed E-state index contributed by atoms with van der Waals surface area (Å²) in [4.78, 5) is 0. The predicted octanol–water partition coefficient (Wildman–Crippen LogP) is 1.27. The zero-order valence-electron chi connectivity index (χ0n) is 6.09. The number of hydrogen-bond donors (Lipinski definition) is 0. The van der Waals surface area contributed by atoms with Crippen LogP contribution in [0.25, 0.3) is 0 Å². The Morgan fingerprint density at radius 2 is 1.78 bits per heavy atom. The molecule has 0 aromatic heterocycles. The minimum atomic E-state index is -0.222. The van der Waals surface area contributed by atoms with Gasteiger partial charge in [0.05, 0.1) is 0 Å². The summed E-state index contributed by atoms with van der Waals surface area (Å²) in [6.45, 7) is 8.73. The summed E-state index contributed by atoms with van der Waals surface area (Å²) in [5.74, 6) is 1.65. The lowest BCUT2D eigenvalue weighted by atomic mass is 9.91. The fourth-order valence-electron chi connectivity index (χ4n) is 0.513. The van der Waals surface area contributed by atoms with Crippen LogP contribution in [0.4, 0.5) is 0 Å². The van der Waals surface area contributed by atoms with Gasteiger partial charge in [-0.2, -0.15) is 0 Å². The molecule has 0 aliphatic rings. The van der Waals surface area contributed by atoms with Crippen molar-refractivity contribution in [3.8, 4) is 0 Å². The molecular weight excluding hydrogens is 115 g/mol. The van der Waals surface area contributed by atoms with Gasteiger partial charge in [0.2, 0.25) is 0 Å². The third kappa shape index (κ3) is 4.24. The molecule has 9 heavy (non-hydrogen) atoms. The van der Waals surface area contributed by atoms with E-state index in [0.717, 1.165) is 0 Å². The van der Waals surface area contributed by atoms with E-state index in [-0.39, 0.29) is 7.12 Å². The van der Waals surface area contributed by atoms with Crippen LogP contribution < -0.4 is 0 Å². The van der Waals surface area contributed by atoms with Crippen molar-refractivity contribution >= 4 is 7.12 Å². The van der Waals surface area contributed by atoms with Crippen molar-refractivity contribution in [1.29, 1.82) is 0 Å². The van der Waals surface area contributed by atoms with Crippen LogP contribution in [-0.4, -0.2) is 20.3 Å². The van der Waals surface area contributed by atoms with Gasteiger partial charge in [0.25, 0.3) is 0 Å². The average Bonchev–Trinajstić information content (AvgIpc) is 1.88. The lowest BCUT2D eigenvalue weighted by Crippen LogP contribution is -2.19. The molecule has 0 radical (unpaired) electrons. The first kappa shape index (κ1) is 8.72. The predicted molar refractivity (Wildman–Crippen MR) is 39.2 cm³/mol. The minimum Gasteiger partial charge on any atom is -0.408 e. The maximum Gasteiger partial charge on any atom is 0.485 e. The Morgan fingerprint density at radius 3 is 2.00 bits per heavy atom. The summed E-state index contributed by atoms with van der Waals surface area (Å²) >= 11 is 0. The Balaban J connectivity index is 3.29. The molecule has 0 aromatic carbocycles. The molecule has 0 aromatic rings. The van der Waals surface area contributed by atoms with Crippen molar-refractivity contribution in [3.63, 3.8) is 0 Å². The van der Waals surface area contributed by atoms with Crippen LogP contribution >= 0.6 is 0 Å². The van der Waals surface area contributed by atoms with Crippen LogP contribution in [0.5, 0.6) is 0 Å². The lowest BCUT2D eigenvalue weighted by Gasteiger charge is -2.05. The fraction of sp³-hybridized carbons (Fsp3) is 0.667. The van der Waals surface area contributed by atoms with Gasteiger partial charge in [-0.05, 0) is 13.8 Å². The third-order valence-electron chi connectivity index (χ3n) is 0.854. The first-order valence-corrected chi connectivity index (χ1v) is 3.20. The topological polar surface area (TPSA) is 18.5 Å². The molecule has 0 heterocycles. The third-order valence-corrected chi connectivity index (χ3v) is 0.854. The van der Waals surface area contributed by atoms with E-state index in [1.165, 1.54) is 0 Å². The van der Waals surface area contributed by atoms with Gasteiger partial charge >= 0.3 is 7.12 Å². The Kier molecular flexibility index (Phi) is 5.68. The van der Waals surface area contributed by atoms with Crippen LogP contribution in [-0.2, 0) is 9.31 Å². The van der Waals surface area contributed by atoms with Crippen LogP contribution in [0, 0.1) is 0 Å². The van der Waals surface area contributed by atoms with E-state index in [1.54, 1.807) is 5.98 Å². The highest BCUT2D eigenvalue weighted by atomic mass is 16.6. The van der Waals surface area contributed by atoms with Gasteiger partial charge in [-0.1, -0.05) is 5.98 Å². The van der Waals surface area contributed by atoms with Crippen molar-refractivity contribution in [1.82, 2.24) is 0 Å². The normalized spacial score (nSPS) is 9.11. The highest BCUT2D eigenvalue weighted by Gasteiger charge is 2.09. The van der Waals surface area contributed by atoms with Crippen molar-refractivity contribution in [2.75, 3.05) is 13.2 Å². The maximum atomic E-state index is 5.09. The second kappa shape index (κ2) is 5.85. The van der Waals surface area contributed by atoms with E-state index < -0.39 is 0 Å². The van der Waals surface area contributed by atoms with E-state index in [1.807, 2.05) is 13.8 Å². The molecule has 0 N–H and O–H groups in total. The Morgan fingerprint density at radius 1 is 1.33 bits per heavy atom. The molecule has 0 spiro atoms. The molecule has 2 nitrogen and oxygen atoms in total. The van der Waals surface area contributed by atoms with E-state index in [2.05, 4.69) is 6.58 Å². The molecule has 52 valence electrons. The molecule has 0 aliphatic carbocycles. The zero-order valence-corrected chi connectivity index (χ0v) is 6.09. The standard InChI is InChI=1S/C6H13BO2/c1-4-7(8-5-2)9-6-3/h4H,1,5-6H2,2-3H3. The molecular formula is C6H13BO2. The van der Waals surface area contributed by atoms with Crippen molar-refractivity contribution < 1.29 is 9.31 Å². The second-order valence-corrected chi connectivity index (χ2v) is 1.51. The van der Waals surface area contributed by atoms with Crippen LogP contribution in [0.3, 0.4) is 0 Å². The van der Waals surface area contributed by atoms with Crippen LogP contribution in [0.2, 0.25) is 0 Å². The highest BCUT2D eigenvalue weighted by molar-refractivity contribution is 6.50. The molecule has 0 fully saturated rings. The largest absolute Gasteiger partial charge is 0.485 e. The van der Waals surface area contributed by atoms with Crippen molar-refractivity contribution in [3.05, 3.63) is 12.6 Å². The van der Waals surface area contributed by atoms with Gasteiger partial charge in [0.1, 0.15) is 0 Å². The summed E-state index contributed by atoms with van der Waals surface area (Å²) in [7, 11) is -0.222. The van der Waals surface area contributed by atoms with Gasteiger partial charge in [-0.15, -0.1) is 6.58 Å². The summed E-state index contributed by atoms with van der Waals surface area (Å²) in [6, 6.07) is 0. The first-order chi connectivity index (χ1) is 4.35. The molecule has 0 saturated heterocycles. The number of hydrogen-bond acceptors (Lipinski definition) is 2. The smallest absolute Gasteiger partial charge is 0.408 e. The van der Waals surface area contributed by atoms with Crippen LogP contribution in [0.15, 0.2) is 12.6 Å². The lowest BCUT2D eigenvalue weighted by molar-refractivity contribution is 0.224. The van der Waals surface area contributed by atoms with Crippen molar-refractivity contribution in [2.24, 2.45) is 0 Å². The molecule has 0 atom stereocenters. The van der Waals surface area contributed by atoms with Gasteiger partial charge in [-0.3, -0.25) is 0 Å². The SMILES string of the molecule is C=CB(OCC)OCC. The van der Waals surface area contributed by atoms with E-state index in [0.29, 0.717) is 13.2 Å². The molecule has 3 heteroatoms. The minimum absolute atomic E-state index is 0.222. The Bertz CT molecular complexity index is 69.5. The van der Waals surface area contributed by atoms with E-state index >= 15 is 0 Å². The van der Waals surface area contributed by atoms with Crippen molar-refractivity contribution in [2.45, 2.75) is 13.8 Å². The summed E-state index contributed by atoms with van der Waals surface area (Å²) in [5, 5.41) is 0. The summed E-state index contributed by atoms with van der Waals surface area (Å²) in [5.41, 5.74) is 0. The Labute approximate surface area is 57.0 Å². The molecule has 0 amide bonds. The molecule has 0 bridgehead atoms. The van der Waals surface area contributed by atoms with Gasteiger partial charge < -0.3 is 9.31 Å². The number of rotatable bonds is 5. The second-order valence-electron chi connectivity index (χ2n) is 1.51. The summed E-state index contributed by atoms with van der Waals surface area (Å²) < 4.78 is 10.2. The maximum absolute atomic E-state index is 5.09. The molecule has 0 saturated carbocycles. The Hall–Kier alpha value is -0.275. The van der Waals surface area contributed by atoms with E-state index in [4.69, 9.17) is 9.31 Å².